The lowest BCUT2D eigenvalue weighted by molar-refractivity contribution is -0.122. The highest BCUT2D eigenvalue weighted by atomic mass is 35.5. The van der Waals surface area contributed by atoms with Crippen molar-refractivity contribution in [3.8, 4) is 5.69 Å². The number of aromatic nitrogens is 4. The molecule has 2 heterocycles. The summed E-state index contributed by atoms with van der Waals surface area (Å²) in [6, 6.07) is 15.1. The SMILES string of the molecule is Cc1ccccc1-n1ncc2c(C3CC3)nn(CC(=O)NCc3ccccc3Cl)c(=O)c21. The Morgan fingerprint density at radius 3 is 2.66 bits per heavy atom. The van der Waals surface area contributed by atoms with E-state index in [-0.39, 0.29) is 24.6 Å². The van der Waals surface area contributed by atoms with Gasteiger partial charge in [-0.2, -0.15) is 10.2 Å². The number of nitrogens with zero attached hydrogens (tertiary/aromatic N) is 4. The quantitative estimate of drug-likeness (QED) is 0.488. The largest absolute Gasteiger partial charge is 0.350 e. The van der Waals surface area contributed by atoms with Gasteiger partial charge in [-0.1, -0.05) is 48.0 Å². The van der Waals surface area contributed by atoms with E-state index >= 15 is 0 Å². The fourth-order valence-corrected chi connectivity index (χ4v) is 4.07. The molecule has 0 saturated heterocycles. The van der Waals surface area contributed by atoms with E-state index in [1.54, 1.807) is 16.9 Å². The number of carbonyl (C=O) groups is 1. The Labute approximate surface area is 189 Å². The topological polar surface area (TPSA) is 81.8 Å². The van der Waals surface area contributed by atoms with Gasteiger partial charge in [0.1, 0.15) is 12.1 Å². The first-order valence-electron chi connectivity index (χ1n) is 10.6. The molecule has 2 aromatic carbocycles. The maximum atomic E-state index is 13.4. The molecule has 0 atom stereocenters. The number of halogens is 1. The molecular weight excluding hydrogens is 426 g/mol. The predicted molar refractivity (Wildman–Crippen MR) is 123 cm³/mol. The molecule has 0 spiro atoms. The average Bonchev–Trinajstić information content (AvgIpc) is 3.54. The van der Waals surface area contributed by atoms with Crippen LogP contribution in [0.3, 0.4) is 0 Å². The van der Waals surface area contributed by atoms with Crippen molar-refractivity contribution in [3.05, 3.63) is 86.9 Å². The Balaban J connectivity index is 1.51. The van der Waals surface area contributed by atoms with Gasteiger partial charge in [0.05, 0.1) is 17.6 Å². The zero-order chi connectivity index (χ0) is 22.2. The molecule has 2 aromatic heterocycles. The first-order chi connectivity index (χ1) is 15.5. The summed E-state index contributed by atoms with van der Waals surface area (Å²) in [6.07, 6.45) is 3.76. The van der Waals surface area contributed by atoms with Crippen molar-refractivity contribution in [3.63, 3.8) is 0 Å². The molecule has 0 bridgehead atoms. The second kappa shape index (κ2) is 8.24. The number of amides is 1. The fraction of sp³-hybridized carbons (Fsp3) is 0.250. The van der Waals surface area contributed by atoms with Crippen LogP contribution in [-0.2, 0) is 17.9 Å². The van der Waals surface area contributed by atoms with Crippen LogP contribution in [0, 0.1) is 6.92 Å². The Bertz CT molecular complexity index is 1390. The van der Waals surface area contributed by atoms with Crippen molar-refractivity contribution in [1.82, 2.24) is 24.9 Å². The van der Waals surface area contributed by atoms with Crippen LogP contribution in [-0.4, -0.2) is 25.5 Å². The summed E-state index contributed by atoms with van der Waals surface area (Å²) < 4.78 is 2.92. The van der Waals surface area contributed by atoms with Crippen molar-refractivity contribution in [2.24, 2.45) is 0 Å². The number of rotatable bonds is 6. The zero-order valence-corrected chi connectivity index (χ0v) is 18.3. The first-order valence-corrected chi connectivity index (χ1v) is 11.0. The van der Waals surface area contributed by atoms with E-state index in [1.165, 1.54) is 4.68 Å². The molecule has 4 aromatic rings. The number of hydrogen-bond acceptors (Lipinski definition) is 4. The van der Waals surface area contributed by atoms with Crippen LogP contribution in [0.15, 0.2) is 59.5 Å². The third-order valence-corrected chi connectivity index (χ3v) is 6.11. The molecular formula is C24H22ClN5O2. The highest BCUT2D eigenvalue weighted by molar-refractivity contribution is 6.31. The highest BCUT2D eigenvalue weighted by Gasteiger charge is 2.30. The minimum absolute atomic E-state index is 0.169. The number of benzene rings is 2. The maximum Gasteiger partial charge on any atom is 0.293 e. The van der Waals surface area contributed by atoms with E-state index in [4.69, 9.17) is 11.6 Å². The molecule has 1 saturated carbocycles. The third kappa shape index (κ3) is 3.80. The van der Waals surface area contributed by atoms with Gasteiger partial charge < -0.3 is 5.32 Å². The van der Waals surface area contributed by atoms with E-state index in [1.807, 2.05) is 49.4 Å². The molecule has 0 aliphatic heterocycles. The molecule has 1 aliphatic rings. The lowest BCUT2D eigenvalue weighted by Crippen LogP contribution is -2.34. The van der Waals surface area contributed by atoms with Crippen LogP contribution >= 0.6 is 11.6 Å². The number of carbonyl (C=O) groups excluding carboxylic acids is 1. The van der Waals surface area contributed by atoms with Gasteiger partial charge in [0.15, 0.2) is 0 Å². The summed E-state index contributed by atoms with van der Waals surface area (Å²) in [5.41, 5.74) is 3.61. The third-order valence-electron chi connectivity index (χ3n) is 5.75. The normalized spacial score (nSPS) is 13.4. The Morgan fingerprint density at radius 2 is 1.91 bits per heavy atom. The van der Waals surface area contributed by atoms with Crippen LogP contribution in [0.25, 0.3) is 16.6 Å². The van der Waals surface area contributed by atoms with Crippen molar-refractivity contribution < 1.29 is 4.79 Å². The molecule has 32 heavy (non-hydrogen) atoms. The number of fused-ring (bicyclic) bond motifs is 1. The van der Waals surface area contributed by atoms with Crippen LogP contribution in [0.4, 0.5) is 0 Å². The van der Waals surface area contributed by atoms with Gasteiger partial charge in [0.2, 0.25) is 5.91 Å². The Hall–Kier alpha value is -3.45. The molecule has 162 valence electrons. The molecule has 1 N–H and O–H groups in total. The minimum Gasteiger partial charge on any atom is -0.350 e. The van der Waals surface area contributed by atoms with E-state index in [0.717, 1.165) is 40.7 Å². The predicted octanol–water partition coefficient (Wildman–Crippen LogP) is 3.74. The summed E-state index contributed by atoms with van der Waals surface area (Å²) >= 11 is 6.17. The number of aryl methyl sites for hydroxylation is 1. The zero-order valence-electron chi connectivity index (χ0n) is 17.6. The van der Waals surface area contributed by atoms with Crippen molar-refractivity contribution >= 4 is 28.4 Å². The second-order valence-electron chi connectivity index (χ2n) is 8.10. The highest BCUT2D eigenvalue weighted by Crippen LogP contribution is 2.41. The van der Waals surface area contributed by atoms with Crippen LogP contribution < -0.4 is 10.9 Å². The van der Waals surface area contributed by atoms with Crippen LogP contribution in [0.5, 0.6) is 0 Å². The van der Waals surface area contributed by atoms with Gasteiger partial charge in [0.25, 0.3) is 5.56 Å². The van der Waals surface area contributed by atoms with Gasteiger partial charge in [0, 0.05) is 22.9 Å². The number of nitrogens with one attached hydrogen (secondary N) is 1. The Morgan fingerprint density at radius 1 is 1.16 bits per heavy atom. The smallest absolute Gasteiger partial charge is 0.293 e. The molecule has 1 aliphatic carbocycles. The second-order valence-corrected chi connectivity index (χ2v) is 8.50. The molecule has 0 radical (unpaired) electrons. The first kappa shape index (κ1) is 20.5. The fourth-order valence-electron chi connectivity index (χ4n) is 3.87. The van der Waals surface area contributed by atoms with Crippen LogP contribution in [0.1, 0.15) is 35.6 Å². The maximum absolute atomic E-state index is 13.4. The molecule has 1 amide bonds. The lowest BCUT2D eigenvalue weighted by Gasteiger charge is -2.11. The van der Waals surface area contributed by atoms with E-state index in [2.05, 4.69) is 15.5 Å². The minimum atomic E-state index is -0.335. The number of para-hydroxylation sites is 1. The van der Waals surface area contributed by atoms with E-state index in [9.17, 15) is 9.59 Å². The van der Waals surface area contributed by atoms with Gasteiger partial charge in [-0.3, -0.25) is 9.59 Å². The molecule has 7 nitrogen and oxygen atoms in total. The molecule has 8 heteroatoms. The Kier molecular flexibility index (Phi) is 5.27. The standard InChI is InChI=1S/C24H22ClN5O2/c1-15-6-2-5-9-20(15)30-23-18(13-27-30)22(16-10-11-16)28-29(24(23)32)14-21(31)26-12-17-7-3-4-8-19(17)25/h2-9,13,16H,10-12,14H2,1H3,(H,26,31). The van der Waals surface area contributed by atoms with Gasteiger partial charge in [-0.05, 0) is 43.0 Å². The van der Waals surface area contributed by atoms with Crippen molar-refractivity contribution in [2.45, 2.75) is 38.8 Å². The van der Waals surface area contributed by atoms with Gasteiger partial charge in [-0.15, -0.1) is 0 Å². The summed E-state index contributed by atoms with van der Waals surface area (Å²) in [5.74, 6) is -0.00682. The summed E-state index contributed by atoms with van der Waals surface area (Å²) in [4.78, 5) is 26.0. The summed E-state index contributed by atoms with van der Waals surface area (Å²) in [7, 11) is 0. The molecule has 1 fully saturated rings. The van der Waals surface area contributed by atoms with E-state index < -0.39 is 0 Å². The lowest BCUT2D eigenvalue weighted by atomic mass is 10.2. The monoisotopic (exact) mass is 447 g/mol. The van der Waals surface area contributed by atoms with Gasteiger partial charge >= 0.3 is 0 Å². The number of hydrogen-bond donors (Lipinski definition) is 1. The van der Waals surface area contributed by atoms with E-state index in [0.29, 0.717) is 16.5 Å². The summed E-state index contributed by atoms with van der Waals surface area (Å²) in [5, 5.41) is 13.3. The van der Waals surface area contributed by atoms with Crippen molar-refractivity contribution in [2.75, 3.05) is 0 Å². The molecule has 5 rings (SSSR count). The average molecular weight is 448 g/mol. The summed E-state index contributed by atoms with van der Waals surface area (Å²) in [6.45, 7) is 2.09. The van der Waals surface area contributed by atoms with Crippen molar-refractivity contribution in [1.29, 1.82) is 0 Å². The van der Waals surface area contributed by atoms with Gasteiger partial charge in [-0.25, -0.2) is 9.36 Å². The molecule has 0 unspecified atom stereocenters. The van der Waals surface area contributed by atoms with Crippen LogP contribution in [0.2, 0.25) is 5.02 Å².